The van der Waals surface area contributed by atoms with Crippen molar-refractivity contribution in [1.82, 2.24) is 0 Å². The first-order valence-electron chi connectivity index (χ1n) is 7.86. The van der Waals surface area contributed by atoms with E-state index in [2.05, 4.69) is 15.4 Å². The van der Waals surface area contributed by atoms with Crippen LogP contribution in [0.25, 0.3) is 0 Å². The van der Waals surface area contributed by atoms with Gasteiger partial charge in [0.25, 0.3) is 5.91 Å². The summed E-state index contributed by atoms with van der Waals surface area (Å²) in [6.07, 6.45) is 2.48. The number of nitrogens with zero attached hydrogens (tertiary/aromatic N) is 2. The average Bonchev–Trinajstić information content (AvgIpc) is 3.29. The predicted molar refractivity (Wildman–Crippen MR) is 97.5 cm³/mol. The summed E-state index contributed by atoms with van der Waals surface area (Å²) in [6.45, 7) is 2.02. The third-order valence-electron chi connectivity index (χ3n) is 3.75. The molecule has 0 spiro atoms. The van der Waals surface area contributed by atoms with E-state index >= 15 is 0 Å². The van der Waals surface area contributed by atoms with Crippen molar-refractivity contribution in [2.45, 2.75) is 12.8 Å². The van der Waals surface area contributed by atoms with Crippen LogP contribution < -0.4 is 16.0 Å². The van der Waals surface area contributed by atoms with Gasteiger partial charge in [0.05, 0.1) is 4.88 Å². The van der Waals surface area contributed by atoms with Gasteiger partial charge in [0.15, 0.2) is 12.4 Å². The van der Waals surface area contributed by atoms with Gasteiger partial charge in [0.2, 0.25) is 0 Å². The fraction of sp³-hybridized carbons (Fsp3) is 0.294. The van der Waals surface area contributed by atoms with Crippen molar-refractivity contribution in [3.05, 3.63) is 46.7 Å². The summed E-state index contributed by atoms with van der Waals surface area (Å²) in [5, 5.41) is 8.43. The van der Waals surface area contributed by atoms with Crippen LogP contribution in [0.4, 0.5) is 11.4 Å². The summed E-state index contributed by atoms with van der Waals surface area (Å²) in [5.74, 6) is -0.000539. The largest absolute Gasteiger partial charge is 0.384 e. The summed E-state index contributed by atoms with van der Waals surface area (Å²) in [4.78, 5) is 20.0. The lowest BCUT2D eigenvalue weighted by molar-refractivity contribution is -0.120. The Morgan fingerprint density at radius 2 is 2.00 bits per heavy atom. The Morgan fingerprint density at radius 3 is 2.67 bits per heavy atom. The fourth-order valence-electron chi connectivity index (χ4n) is 2.56. The number of rotatable bonds is 6. The fourth-order valence-corrected chi connectivity index (χ4v) is 3.18. The molecule has 0 saturated carbocycles. The van der Waals surface area contributed by atoms with Crippen molar-refractivity contribution in [2.75, 3.05) is 29.9 Å². The Labute approximate surface area is 144 Å². The number of nitrogens with one attached hydrogen (secondary N) is 1. The van der Waals surface area contributed by atoms with E-state index in [1.807, 2.05) is 41.8 Å². The van der Waals surface area contributed by atoms with Crippen LogP contribution >= 0.6 is 11.3 Å². The van der Waals surface area contributed by atoms with Gasteiger partial charge in [0, 0.05) is 24.5 Å². The molecule has 3 N–H and O–H groups in total. The number of anilines is 2. The summed E-state index contributed by atoms with van der Waals surface area (Å²) in [7, 11) is 0. The van der Waals surface area contributed by atoms with Gasteiger partial charge in [-0.2, -0.15) is 0 Å². The lowest BCUT2D eigenvalue weighted by Gasteiger charge is -2.17. The van der Waals surface area contributed by atoms with Crippen molar-refractivity contribution in [2.24, 2.45) is 10.9 Å². The maximum atomic E-state index is 11.9. The first-order chi connectivity index (χ1) is 11.7. The van der Waals surface area contributed by atoms with Crippen molar-refractivity contribution in [3.63, 3.8) is 0 Å². The van der Waals surface area contributed by atoms with Crippen LogP contribution in [-0.4, -0.2) is 31.4 Å². The molecule has 3 rings (SSSR count). The summed E-state index contributed by atoms with van der Waals surface area (Å²) in [6, 6.07) is 11.6. The molecule has 6 nitrogen and oxygen atoms in total. The molecule has 1 aromatic heterocycles. The lowest BCUT2D eigenvalue weighted by Crippen LogP contribution is -2.19. The standard InChI is InChI=1S/C17H20N4O2S/c18-17(15-4-3-11-24-15)20-23-12-16(22)19-13-5-7-14(8-6-13)21-9-1-2-10-21/h3-8,11H,1-2,9-10,12H2,(H2,18,20)(H,19,22). The molecule has 1 fully saturated rings. The Bertz CT molecular complexity index is 692. The number of hydrogen-bond donors (Lipinski definition) is 2. The smallest absolute Gasteiger partial charge is 0.265 e. The van der Waals surface area contributed by atoms with E-state index < -0.39 is 0 Å². The molecule has 0 radical (unpaired) electrons. The third kappa shape index (κ3) is 4.26. The highest BCUT2D eigenvalue weighted by Gasteiger charge is 2.12. The molecule has 0 atom stereocenters. The first kappa shape index (κ1) is 16.3. The number of amides is 1. The van der Waals surface area contributed by atoms with E-state index in [0.717, 1.165) is 23.7 Å². The summed E-state index contributed by atoms with van der Waals surface area (Å²) >= 11 is 1.46. The molecule has 1 saturated heterocycles. The predicted octanol–water partition coefficient (Wildman–Crippen LogP) is 2.62. The number of oxime groups is 1. The van der Waals surface area contributed by atoms with Crippen LogP contribution in [-0.2, 0) is 9.63 Å². The van der Waals surface area contributed by atoms with Crippen molar-refractivity contribution in [1.29, 1.82) is 0 Å². The zero-order valence-electron chi connectivity index (χ0n) is 13.3. The molecule has 0 aliphatic carbocycles. The maximum absolute atomic E-state index is 11.9. The molecular formula is C17H20N4O2S. The second-order valence-corrected chi connectivity index (χ2v) is 6.46. The molecule has 24 heavy (non-hydrogen) atoms. The zero-order chi connectivity index (χ0) is 16.8. The molecule has 7 heteroatoms. The maximum Gasteiger partial charge on any atom is 0.265 e. The molecule has 2 heterocycles. The van der Waals surface area contributed by atoms with Crippen LogP contribution in [0.3, 0.4) is 0 Å². The Morgan fingerprint density at radius 1 is 1.25 bits per heavy atom. The van der Waals surface area contributed by atoms with Gasteiger partial charge in [0.1, 0.15) is 0 Å². The molecule has 1 amide bonds. The second kappa shape index (κ2) is 7.83. The highest BCUT2D eigenvalue weighted by molar-refractivity contribution is 7.12. The SMILES string of the molecule is N/C(=N\OCC(=O)Nc1ccc(N2CCCC2)cc1)c1cccs1. The number of nitrogens with two attached hydrogens (primary N) is 1. The Hall–Kier alpha value is -2.54. The van der Waals surface area contributed by atoms with Crippen molar-refractivity contribution >= 4 is 34.5 Å². The zero-order valence-corrected chi connectivity index (χ0v) is 14.1. The quantitative estimate of drug-likeness (QED) is 0.480. The minimum Gasteiger partial charge on any atom is -0.384 e. The second-order valence-electron chi connectivity index (χ2n) is 5.52. The first-order valence-corrected chi connectivity index (χ1v) is 8.74. The molecular weight excluding hydrogens is 324 g/mol. The van der Waals surface area contributed by atoms with E-state index in [1.54, 1.807) is 0 Å². The van der Waals surface area contributed by atoms with Gasteiger partial charge in [-0.15, -0.1) is 11.3 Å². The topological polar surface area (TPSA) is 80.0 Å². The highest BCUT2D eigenvalue weighted by Crippen LogP contribution is 2.21. The van der Waals surface area contributed by atoms with Crippen LogP contribution in [0.15, 0.2) is 46.9 Å². The van der Waals surface area contributed by atoms with Crippen LogP contribution in [0, 0.1) is 0 Å². The van der Waals surface area contributed by atoms with E-state index in [9.17, 15) is 4.79 Å². The molecule has 0 bridgehead atoms. The van der Waals surface area contributed by atoms with Gasteiger partial charge < -0.3 is 20.8 Å². The minimum atomic E-state index is -0.272. The minimum absolute atomic E-state index is 0.181. The molecule has 1 aliphatic heterocycles. The van der Waals surface area contributed by atoms with Crippen LogP contribution in [0.2, 0.25) is 0 Å². The van der Waals surface area contributed by atoms with Gasteiger partial charge in [-0.05, 0) is 48.6 Å². The van der Waals surface area contributed by atoms with E-state index in [1.165, 1.54) is 29.9 Å². The monoisotopic (exact) mass is 344 g/mol. The van der Waals surface area contributed by atoms with Crippen molar-refractivity contribution in [3.8, 4) is 0 Å². The Kier molecular flexibility index (Phi) is 5.32. The summed E-state index contributed by atoms with van der Waals surface area (Å²) in [5.41, 5.74) is 7.68. The van der Waals surface area contributed by atoms with Gasteiger partial charge in [-0.25, -0.2) is 0 Å². The van der Waals surface area contributed by atoms with Crippen LogP contribution in [0.5, 0.6) is 0 Å². The molecule has 1 aromatic carbocycles. The Balaban J connectivity index is 1.47. The molecule has 2 aromatic rings. The molecule has 0 unspecified atom stereocenters. The highest BCUT2D eigenvalue weighted by atomic mass is 32.1. The lowest BCUT2D eigenvalue weighted by atomic mass is 10.2. The summed E-state index contributed by atoms with van der Waals surface area (Å²) < 4.78 is 0. The number of benzene rings is 1. The normalized spacial score (nSPS) is 14.7. The number of hydrogen-bond acceptors (Lipinski definition) is 5. The van der Waals surface area contributed by atoms with Gasteiger partial charge in [-0.3, -0.25) is 4.79 Å². The third-order valence-corrected chi connectivity index (χ3v) is 4.65. The van der Waals surface area contributed by atoms with E-state index in [4.69, 9.17) is 10.6 Å². The number of carbonyl (C=O) groups excluding carboxylic acids is 1. The molecule has 1 aliphatic rings. The molecule has 126 valence electrons. The van der Waals surface area contributed by atoms with Crippen molar-refractivity contribution < 1.29 is 9.63 Å². The van der Waals surface area contributed by atoms with Crippen LogP contribution in [0.1, 0.15) is 17.7 Å². The van der Waals surface area contributed by atoms with E-state index in [0.29, 0.717) is 0 Å². The van der Waals surface area contributed by atoms with E-state index in [-0.39, 0.29) is 18.3 Å². The van der Waals surface area contributed by atoms with Gasteiger partial charge >= 0.3 is 0 Å². The average molecular weight is 344 g/mol. The number of amidine groups is 1. The number of carbonyl (C=O) groups is 1. The number of thiophene rings is 1. The van der Waals surface area contributed by atoms with Gasteiger partial charge in [-0.1, -0.05) is 11.2 Å².